The summed E-state index contributed by atoms with van der Waals surface area (Å²) >= 11 is 0. The molecule has 5 heteroatoms. The number of hydrogen-bond donors (Lipinski definition) is 2. The number of rotatable bonds is 9. The van der Waals surface area contributed by atoms with E-state index in [4.69, 9.17) is 5.11 Å². The Morgan fingerprint density at radius 2 is 1.71 bits per heavy atom. The molecule has 0 saturated carbocycles. The van der Waals surface area contributed by atoms with E-state index in [2.05, 4.69) is 0 Å². The van der Waals surface area contributed by atoms with Gasteiger partial charge in [0.1, 0.15) is 5.82 Å². The Morgan fingerprint density at radius 3 is 2.24 bits per heavy atom. The molecule has 21 heavy (non-hydrogen) atoms. The van der Waals surface area contributed by atoms with E-state index < -0.39 is 29.6 Å². The Balaban J connectivity index is 2.65. The third kappa shape index (κ3) is 5.94. The number of halogens is 1. The van der Waals surface area contributed by atoms with E-state index in [0.717, 1.165) is 6.42 Å². The highest BCUT2D eigenvalue weighted by molar-refractivity contribution is 5.71. The molecule has 0 amide bonds. The first-order valence-electron chi connectivity index (χ1n) is 7.14. The molecule has 0 saturated heterocycles. The number of carbonyl (C=O) groups is 2. The third-order valence-electron chi connectivity index (χ3n) is 3.57. The van der Waals surface area contributed by atoms with Crippen LogP contribution >= 0.6 is 0 Å². The maximum Gasteiger partial charge on any atom is 0.306 e. The topological polar surface area (TPSA) is 74.6 Å². The normalized spacial score (nSPS) is 13.6. The first-order chi connectivity index (χ1) is 9.93. The van der Waals surface area contributed by atoms with Crippen LogP contribution in [0.5, 0.6) is 0 Å². The molecule has 4 nitrogen and oxygen atoms in total. The van der Waals surface area contributed by atoms with E-state index >= 15 is 0 Å². The highest BCUT2D eigenvalue weighted by atomic mass is 19.1. The summed E-state index contributed by atoms with van der Waals surface area (Å²) in [5.41, 5.74) is 0.616. The van der Waals surface area contributed by atoms with E-state index in [0.29, 0.717) is 18.4 Å². The Labute approximate surface area is 123 Å². The minimum absolute atomic E-state index is 0.214. The van der Waals surface area contributed by atoms with Crippen LogP contribution in [0.4, 0.5) is 4.39 Å². The molecule has 0 fully saturated rings. The van der Waals surface area contributed by atoms with Gasteiger partial charge < -0.3 is 10.2 Å². The van der Waals surface area contributed by atoms with Crippen molar-refractivity contribution in [1.82, 2.24) is 0 Å². The molecular weight excluding hydrogens is 275 g/mol. The van der Waals surface area contributed by atoms with Crippen LogP contribution in [0.3, 0.4) is 0 Å². The van der Waals surface area contributed by atoms with Crippen molar-refractivity contribution in [2.75, 3.05) is 0 Å². The van der Waals surface area contributed by atoms with Gasteiger partial charge in [0, 0.05) is 0 Å². The van der Waals surface area contributed by atoms with Gasteiger partial charge >= 0.3 is 11.9 Å². The molecule has 0 heterocycles. The van der Waals surface area contributed by atoms with Crippen LogP contribution in [-0.2, 0) is 16.0 Å². The van der Waals surface area contributed by atoms with Crippen molar-refractivity contribution in [2.45, 2.75) is 39.0 Å². The number of carboxylic acid groups (broad SMARTS) is 2. The summed E-state index contributed by atoms with van der Waals surface area (Å²) in [4.78, 5) is 22.4. The van der Waals surface area contributed by atoms with Crippen molar-refractivity contribution in [3.05, 3.63) is 35.6 Å². The number of carboxylic acids is 2. The molecule has 0 aliphatic rings. The summed E-state index contributed by atoms with van der Waals surface area (Å²) in [6.45, 7) is 1.90. The molecule has 0 aliphatic heterocycles. The van der Waals surface area contributed by atoms with Gasteiger partial charge in [-0.3, -0.25) is 9.59 Å². The summed E-state index contributed by atoms with van der Waals surface area (Å²) in [5.74, 6) is -3.45. The molecule has 0 radical (unpaired) electrons. The average molecular weight is 296 g/mol. The molecule has 1 rings (SSSR count). The van der Waals surface area contributed by atoms with Crippen LogP contribution in [0, 0.1) is 17.7 Å². The molecule has 2 unspecified atom stereocenters. The average Bonchev–Trinajstić information content (AvgIpc) is 2.41. The fourth-order valence-electron chi connectivity index (χ4n) is 2.40. The van der Waals surface area contributed by atoms with Gasteiger partial charge in [-0.25, -0.2) is 4.39 Å². The lowest BCUT2D eigenvalue weighted by Crippen LogP contribution is -2.20. The van der Waals surface area contributed by atoms with Gasteiger partial charge in [0.25, 0.3) is 0 Å². The molecule has 0 bridgehead atoms. The smallest absolute Gasteiger partial charge is 0.306 e. The largest absolute Gasteiger partial charge is 0.481 e. The first kappa shape index (κ1) is 17.1. The summed E-state index contributed by atoms with van der Waals surface area (Å²) in [6.07, 6.45) is 2.12. The van der Waals surface area contributed by atoms with Gasteiger partial charge in [-0.2, -0.15) is 0 Å². The molecular formula is C16H21FO4. The fraction of sp³-hybridized carbons (Fsp3) is 0.500. The Hall–Kier alpha value is -1.91. The van der Waals surface area contributed by atoms with Gasteiger partial charge in [0.05, 0.1) is 11.8 Å². The van der Waals surface area contributed by atoms with E-state index in [9.17, 15) is 19.1 Å². The van der Waals surface area contributed by atoms with Crippen LogP contribution in [0.2, 0.25) is 0 Å². The highest BCUT2D eigenvalue weighted by Gasteiger charge is 2.23. The van der Waals surface area contributed by atoms with Crippen LogP contribution in [0.15, 0.2) is 24.3 Å². The maximum atomic E-state index is 13.1. The van der Waals surface area contributed by atoms with Crippen LogP contribution in [-0.4, -0.2) is 22.2 Å². The van der Waals surface area contributed by atoms with E-state index in [-0.39, 0.29) is 12.8 Å². The molecule has 1 aromatic carbocycles. The molecule has 0 aliphatic carbocycles. The van der Waals surface area contributed by atoms with Gasteiger partial charge in [0.15, 0.2) is 0 Å². The van der Waals surface area contributed by atoms with Crippen LogP contribution < -0.4 is 0 Å². The van der Waals surface area contributed by atoms with Crippen molar-refractivity contribution in [3.63, 3.8) is 0 Å². The predicted molar refractivity (Wildman–Crippen MR) is 76.5 cm³/mol. The first-order valence-corrected chi connectivity index (χ1v) is 7.14. The molecule has 1 aromatic rings. The monoisotopic (exact) mass is 296 g/mol. The SMILES string of the molecule is CCCC(CCC(Cc1cccc(F)c1)C(=O)O)C(=O)O. The predicted octanol–water partition coefficient (Wildman–Crippen LogP) is 3.35. The van der Waals surface area contributed by atoms with E-state index in [1.807, 2.05) is 6.92 Å². The Bertz CT molecular complexity index is 487. The lowest BCUT2D eigenvalue weighted by atomic mass is 9.89. The third-order valence-corrected chi connectivity index (χ3v) is 3.57. The standard InChI is InChI=1S/C16H21FO4/c1-2-4-12(15(18)19)7-8-13(16(20)21)9-11-5-3-6-14(17)10-11/h3,5-6,10,12-13H,2,4,7-9H2,1H3,(H,18,19)(H,20,21). The molecule has 116 valence electrons. The van der Waals surface area contributed by atoms with Crippen molar-refractivity contribution in [1.29, 1.82) is 0 Å². The zero-order valence-corrected chi connectivity index (χ0v) is 12.1. The van der Waals surface area contributed by atoms with Crippen LogP contribution in [0.25, 0.3) is 0 Å². The van der Waals surface area contributed by atoms with Gasteiger partial charge in [0.2, 0.25) is 0 Å². The summed E-state index contributed by atoms with van der Waals surface area (Å²) in [6, 6.07) is 5.85. The zero-order chi connectivity index (χ0) is 15.8. The summed E-state index contributed by atoms with van der Waals surface area (Å²) in [5, 5.41) is 18.3. The second-order valence-corrected chi connectivity index (χ2v) is 5.27. The van der Waals surface area contributed by atoms with Crippen molar-refractivity contribution in [3.8, 4) is 0 Å². The quantitative estimate of drug-likeness (QED) is 0.733. The lowest BCUT2D eigenvalue weighted by Gasteiger charge is -2.16. The van der Waals surface area contributed by atoms with E-state index in [1.165, 1.54) is 12.1 Å². The molecule has 0 spiro atoms. The molecule has 2 N–H and O–H groups in total. The van der Waals surface area contributed by atoms with Crippen LogP contribution in [0.1, 0.15) is 38.2 Å². The van der Waals surface area contributed by atoms with Gasteiger partial charge in [-0.1, -0.05) is 25.5 Å². The maximum absolute atomic E-state index is 13.1. The second-order valence-electron chi connectivity index (χ2n) is 5.27. The van der Waals surface area contributed by atoms with Crippen molar-refractivity contribution in [2.24, 2.45) is 11.8 Å². The summed E-state index contributed by atoms with van der Waals surface area (Å²) in [7, 11) is 0. The van der Waals surface area contributed by atoms with Crippen molar-refractivity contribution < 1.29 is 24.2 Å². The Morgan fingerprint density at radius 1 is 1.10 bits per heavy atom. The van der Waals surface area contributed by atoms with E-state index in [1.54, 1.807) is 12.1 Å². The second kappa shape index (κ2) is 8.39. The van der Waals surface area contributed by atoms with Gasteiger partial charge in [-0.05, 0) is 43.4 Å². The minimum atomic E-state index is -0.972. The van der Waals surface area contributed by atoms with Crippen molar-refractivity contribution >= 4 is 11.9 Å². The Kier molecular flexibility index (Phi) is 6.85. The highest BCUT2D eigenvalue weighted by Crippen LogP contribution is 2.21. The summed E-state index contributed by atoms with van der Waals surface area (Å²) < 4.78 is 13.1. The number of aliphatic carboxylic acids is 2. The molecule has 2 atom stereocenters. The fourth-order valence-corrected chi connectivity index (χ4v) is 2.40. The zero-order valence-electron chi connectivity index (χ0n) is 12.1. The van der Waals surface area contributed by atoms with Gasteiger partial charge in [-0.15, -0.1) is 0 Å². The number of hydrogen-bond acceptors (Lipinski definition) is 2. The minimum Gasteiger partial charge on any atom is -0.481 e. The lowest BCUT2D eigenvalue weighted by molar-refractivity contribution is -0.145. The number of benzene rings is 1. The molecule has 0 aromatic heterocycles.